The third kappa shape index (κ3) is 1.97. The monoisotopic (exact) mass is 152 g/mol. The first-order valence-electron chi connectivity index (χ1n) is 2.75. The second-order valence-corrected chi connectivity index (χ2v) is 1.93. The number of hydrogen-bond acceptors (Lipinski definition) is 2. The number of imide groups is 1. The Hall–Kier alpha value is -0.0600. The Bertz CT molecular complexity index is 159. The van der Waals surface area contributed by atoms with Gasteiger partial charge >= 0.3 is 6.09 Å². The number of carbonyl (C=O) groups excluding carboxylic acids is 1. The second-order valence-electron chi connectivity index (χ2n) is 1.93. The van der Waals surface area contributed by atoms with Crippen molar-refractivity contribution >= 4 is 41.6 Å². The molecule has 0 bridgehead atoms. The summed E-state index contributed by atoms with van der Waals surface area (Å²) in [5.41, 5.74) is 0. The number of hydrogen-bond donors (Lipinski definition) is 1. The number of carboxylic acid groups (broad SMARTS) is 1. The van der Waals surface area contributed by atoms with Crippen LogP contribution in [0.3, 0.4) is 0 Å². The summed E-state index contributed by atoms with van der Waals surface area (Å²) >= 11 is 0. The van der Waals surface area contributed by atoms with Gasteiger partial charge in [-0.25, -0.2) is 9.69 Å². The fraction of sp³-hybridized carbons (Fsp3) is 0.600. The van der Waals surface area contributed by atoms with E-state index in [4.69, 9.17) is 5.11 Å². The van der Waals surface area contributed by atoms with Gasteiger partial charge in [0.2, 0.25) is 5.91 Å². The predicted molar refractivity (Wildman–Crippen MR) is 34.7 cm³/mol. The van der Waals surface area contributed by atoms with E-state index in [0.717, 1.165) is 4.90 Å². The minimum absolute atomic E-state index is 0. The molecule has 1 saturated heterocycles. The van der Waals surface area contributed by atoms with Gasteiger partial charge in [0.25, 0.3) is 0 Å². The molecule has 0 aliphatic carbocycles. The summed E-state index contributed by atoms with van der Waals surface area (Å²) in [7, 11) is 0. The van der Waals surface area contributed by atoms with Gasteiger partial charge in [-0.05, 0) is 6.42 Å². The average molecular weight is 152 g/mol. The van der Waals surface area contributed by atoms with Crippen LogP contribution in [0.2, 0.25) is 0 Å². The van der Waals surface area contributed by atoms with Crippen molar-refractivity contribution in [2.24, 2.45) is 0 Å². The zero-order valence-corrected chi connectivity index (χ0v) is 7.83. The molecule has 0 aromatic rings. The molecule has 1 rings (SSSR count). The number of rotatable bonds is 0. The first-order chi connectivity index (χ1) is 4.22. The molecule has 1 aliphatic rings. The van der Waals surface area contributed by atoms with Gasteiger partial charge in [0.1, 0.15) is 0 Å². The zero-order valence-electron chi connectivity index (χ0n) is 5.83. The molecule has 1 heterocycles. The molecule has 1 aliphatic heterocycles. The average Bonchev–Trinajstić information content (AvgIpc) is 2.13. The standard InChI is InChI=1S/C5H7NO3.Na/c7-4-2-1-3-6(4)5(8)9;/h1-3H2,(H,8,9);. The van der Waals surface area contributed by atoms with Crippen LogP contribution < -0.4 is 0 Å². The summed E-state index contributed by atoms with van der Waals surface area (Å²) in [5, 5.41) is 8.29. The van der Waals surface area contributed by atoms with Gasteiger partial charge in [-0.3, -0.25) is 4.79 Å². The molecule has 51 valence electrons. The van der Waals surface area contributed by atoms with Crippen molar-refractivity contribution in [2.45, 2.75) is 12.8 Å². The van der Waals surface area contributed by atoms with Gasteiger partial charge in [-0.1, -0.05) is 0 Å². The van der Waals surface area contributed by atoms with Crippen LogP contribution in [0.15, 0.2) is 0 Å². The quantitative estimate of drug-likeness (QED) is 0.493. The first-order valence-corrected chi connectivity index (χ1v) is 2.75. The van der Waals surface area contributed by atoms with Gasteiger partial charge in [0.15, 0.2) is 0 Å². The van der Waals surface area contributed by atoms with E-state index < -0.39 is 6.09 Å². The molecule has 10 heavy (non-hydrogen) atoms. The summed E-state index contributed by atoms with van der Waals surface area (Å²) in [5.74, 6) is -0.275. The summed E-state index contributed by atoms with van der Waals surface area (Å²) in [6, 6.07) is 0. The molecular weight excluding hydrogens is 145 g/mol. The zero-order chi connectivity index (χ0) is 6.85. The van der Waals surface area contributed by atoms with E-state index in [1.54, 1.807) is 0 Å². The van der Waals surface area contributed by atoms with E-state index in [1.807, 2.05) is 0 Å². The van der Waals surface area contributed by atoms with Crippen LogP contribution in [0.5, 0.6) is 0 Å². The Kier molecular flexibility index (Phi) is 3.93. The molecule has 2 amide bonds. The van der Waals surface area contributed by atoms with Gasteiger partial charge in [0, 0.05) is 42.5 Å². The molecule has 1 N–H and O–H groups in total. The van der Waals surface area contributed by atoms with Crippen LogP contribution >= 0.6 is 0 Å². The molecule has 0 atom stereocenters. The van der Waals surface area contributed by atoms with Crippen molar-refractivity contribution in [1.82, 2.24) is 4.90 Å². The van der Waals surface area contributed by atoms with Crippen LogP contribution in [0.1, 0.15) is 12.8 Å². The van der Waals surface area contributed by atoms with Crippen LogP contribution in [0.25, 0.3) is 0 Å². The van der Waals surface area contributed by atoms with Crippen LogP contribution in [0, 0.1) is 0 Å². The molecule has 1 radical (unpaired) electrons. The van der Waals surface area contributed by atoms with E-state index in [2.05, 4.69) is 0 Å². The Morgan fingerprint density at radius 2 is 2.20 bits per heavy atom. The molecule has 5 heteroatoms. The van der Waals surface area contributed by atoms with Gasteiger partial charge in [0.05, 0.1) is 0 Å². The summed E-state index contributed by atoms with van der Waals surface area (Å²) in [6.45, 7) is 0.369. The molecule has 0 unspecified atom stereocenters. The summed E-state index contributed by atoms with van der Waals surface area (Å²) in [6.07, 6.45) is -0.0743. The van der Waals surface area contributed by atoms with E-state index in [9.17, 15) is 9.59 Å². The van der Waals surface area contributed by atoms with E-state index >= 15 is 0 Å². The molecule has 0 aromatic heterocycles. The maximum Gasteiger partial charge on any atom is 0.414 e. The number of carbonyl (C=O) groups is 2. The Morgan fingerprint density at radius 3 is 2.40 bits per heavy atom. The molecule has 0 saturated carbocycles. The first kappa shape index (κ1) is 9.94. The Balaban J connectivity index is 0.000000810. The largest absolute Gasteiger partial charge is 0.465 e. The third-order valence-electron chi connectivity index (χ3n) is 1.30. The van der Waals surface area contributed by atoms with Crippen molar-refractivity contribution in [2.75, 3.05) is 6.54 Å². The van der Waals surface area contributed by atoms with Crippen molar-refractivity contribution in [3.8, 4) is 0 Å². The van der Waals surface area contributed by atoms with Crippen molar-refractivity contribution in [3.63, 3.8) is 0 Å². The summed E-state index contributed by atoms with van der Waals surface area (Å²) < 4.78 is 0. The smallest absolute Gasteiger partial charge is 0.414 e. The fourth-order valence-corrected chi connectivity index (χ4v) is 0.850. The van der Waals surface area contributed by atoms with Crippen LogP contribution in [-0.4, -0.2) is 58.1 Å². The molecule has 1 fully saturated rings. The summed E-state index contributed by atoms with van der Waals surface area (Å²) in [4.78, 5) is 21.5. The topological polar surface area (TPSA) is 57.6 Å². The SMILES string of the molecule is O=C(O)N1CCCC1=O.[Na]. The predicted octanol–water partition coefficient (Wildman–Crippen LogP) is -0.0940. The van der Waals surface area contributed by atoms with E-state index in [0.29, 0.717) is 19.4 Å². The molecule has 0 aromatic carbocycles. The maximum absolute atomic E-state index is 10.6. The van der Waals surface area contributed by atoms with Crippen molar-refractivity contribution < 1.29 is 14.7 Å². The van der Waals surface area contributed by atoms with Gasteiger partial charge in [-0.2, -0.15) is 0 Å². The number of likely N-dealkylation sites (tertiary alicyclic amines) is 1. The maximum atomic E-state index is 10.6. The van der Waals surface area contributed by atoms with Crippen LogP contribution in [-0.2, 0) is 4.79 Å². The number of amides is 2. The molecule has 0 spiro atoms. The normalized spacial score (nSPS) is 16.8. The Labute approximate surface area is 80.5 Å². The van der Waals surface area contributed by atoms with Gasteiger partial charge < -0.3 is 5.11 Å². The fourth-order valence-electron chi connectivity index (χ4n) is 0.850. The number of nitrogens with zero attached hydrogens (tertiary/aromatic N) is 1. The second kappa shape index (κ2) is 3.95. The van der Waals surface area contributed by atoms with Crippen LogP contribution in [0.4, 0.5) is 4.79 Å². The minimum atomic E-state index is -1.13. The van der Waals surface area contributed by atoms with Gasteiger partial charge in [-0.15, -0.1) is 0 Å². The van der Waals surface area contributed by atoms with E-state index in [1.165, 1.54) is 0 Å². The van der Waals surface area contributed by atoms with E-state index in [-0.39, 0.29) is 35.5 Å². The molecular formula is C5H7NNaO3. The molecule has 4 nitrogen and oxygen atoms in total. The minimum Gasteiger partial charge on any atom is -0.465 e. The Morgan fingerprint density at radius 1 is 1.60 bits per heavy atom. The third-order valence-corrected chi connectivity index (χ3v) is 1.30. The van der Waals surface area contributed by atoms with Crippen molar-refractivity contribution in [1.29, 1.82) is 0 Å². The van der Waals surface area contributed by atoms with Crippen molar-refractivity contribution in [3.05, 3.63) is 0 Å².